The van der Waals surface area contributed by atoms with Crippen LogP contribution < -0.4 is 14.9 Å². The van der Waals surface area contributed by atoms with Gasteiger partial charge in [0.2, 0.25) is 11.2 Å². The molecule has 4 heteroatoms. The van der Waals surface area contributed by atoms with E-state index in [0.29, 0.717) is 16.7 Å². The first-order chi connectivity index (χ1) is 14.0. The second-order valence-electron chi connectivity index (χ2n) is 7.09. The maximum absolute atomic E-state index is 13.3. The van der Waals surface area contributed by atoms with Gasteiger partial charge in [0, 0.05) is 5.56 Å². The van der Waals surface area contributed by atoms with Crippen molar-refractivity contribution in [3.8, 4) is 22.8 Å². The van der Waals surface area contributed by atoms with E-state index in [-0.39, 0.29) is 17.8 Å². The van der Waals surface area contributed by atoms with Crippen molar-refractivity contribution < 1.29 is 13.9 Å². The summed E-state index contributed by atoms with van der Waals surface area (Å²) in [5.41, 5.74) is 4.27. The molecule has 4 aromatic rings. The van der Waals surface area contributed by atoms with Gasteiger partial charge in [-0.15, -0.1) is 0 Å². The highest BCUT2D eigenvalue weighted by Crippen LogP contribution is 2.32. The molecule has 1 aromatic heterocycles. The lowest BCUT2D eigenvalue weighted by Gasteiger charge is -2.12. The highest BCUT2D eigenvalue weighted by atomic mass is 16.5. The molecule has 0 radical (unpaired) electrons. The lowest BCUT2D eigenvalue weighted by Crippen LogP contribution is -2.10. The average molecular weight is 386 g/mol. The Labute approximate surface area is 169 Å². The quantitative estimate of drug-likeness (QED) is 0.444. The number of ether oxygens (including phenoxy) is 2. The standard InChI is InChI=1S/C25H22O4/c1-16-4-7-18(8-5-16)15-28-25-23(26)21-14-17(2)6-13-22(21)29-24(25)19-9-11-20(27-3)12-10-19/h4-14H,15H2,1-3H3. The molecule has 0 bridgehead atoms. The van der Waals surface area contributed by atoms with Crippen LogP contribution in [0.2, 0.25) is 0 Å². The smallest absolute Gasteiger partial charge is 0.235 e. The Morgan fingerprint density at radius 2 is 1.55 bits per heavy atom. The molecule has 0 atom stereocenters. The van der Waals surface area contributed by atoms with Crippen LogP contribution in [0.25, 0.3) is 22.3 Å². The van der Waals surface area contributed by atoms with Crippen LogP contribution in [0.3, 0.4) is 0 Å². The summed E-state index contributed by atoms with van der Waals surface area (Å²) in [6.45, 7) is 4.27. The van der Waals surface area contributed by atoms with Gasteiger partial charge in [0.15, 0.2) is 5.76 Å². The fourth-order valence-electron chi connectivity index (χ4n) is 3.20. The van der Waals surface area contributed by atoms with E-state index in [4.69, 9.17) is 13.9 Å². The maximum Gasteiger partial charge on any atom is 0.235 e. The van der Waals surface area contributed by atoms with Crippen molar-refractivity contribution in [2.75, 3.05) is 7.11 Å². The topological polar surface area (TPSA) is 48.7 Å². The van der Waals surface area contributed by atoms with E-state index in [1.54, 1.807) is 7.11 Å². The minimum absolute atomic E-state index is 0.173. The number of hydrogen-bond acceptors (Lipinski definition) is 4. The molecule has 0 aliphatic rings. The zero-order valence-corrected chi connectivity index (χ0v) is 16.7. The van der Waals surface area contributed by atoms with Crippen molar-refractivity contribution in [2.45, 2.75) is 20.5 Å². The molecule has 0 spiro atoms. The minimum Gasteiger partial charge on any atom is -0.497 e. The van der Waals surface area contributed by atoms with Crippen LogP contribution in [-0.2, 0) is 6.61 Å². The SMILES string of the molecule is COc1ccc(-c2oc3ccc(C)cc3c(=O)c2OCc2ccc(C)cc2)cc1. The molecule has 3 aromatic carbocycles. The Morgan fingerprint density at radius 1 is 0.862 bits per heavy atom. The van der Waals surface area contributed by atoms with Crippen LogP contribution in [0.5, 0.6) is 11.5 Å². The lowest BCUT2D eigenvalue weighted by atomic mass is 10.1. The fourth-order valence-corrected chi connectivity index (χ4v) is 3.20. The van der Waals surface area contributed by atoms with Crippen LogP contribution >= 0.6 is 0 Å². The highest BCUT2D eigenvalue weighted by molar-refractivity contribution is 5.82. The second kappa shape index (κ2) is 7.84. The first-order valence-electron chi connectivity index (χ1n) is 9.45. The Hall–Kier alpha value is -3.53. The van der Waals surface area contributed by atoms with Gasteiger partial charge in [-0.3, -0.25) is 4.79 Å². The van der Waals surface area contributed by atoms with Gasteiger partial charge in [-0.2, -0.15) is 0 Å². The van der Waals surface area contributed by atoms with E-state index in [1.165, 1.54) is 5.56 Å². The van der Waals surface area contributed by atoms with E-state index in [0.717, 1.165) is 22.4 Å². The first kappa shape index (κ1) is 18.8. The molecule has 146 valence electrons. The zero-order chi connectivity index (χ0) is 20.4. The molecule has 0 saturated carbocycles. The van der Waals surface area contributed by atoms with Gasteiger partial charge in [0.25, 0.3) is 0 Å². The summed E-state index contributed by atoms with van der Waals surface area (Å²) in [5.74, 6) is 1.37. The van der Waals surface area contributed by atoms with Crippen LogP contribution in [0, 0.1) is 13.8 Å². The summed E-state index contributed by atoms with van der Waals surface area (Å²) < 4.78 is 17.4. The van der Waals surface area contributed by atoms with Gasteiger partial charge in [-0.25, -0.2) is 0 Å². The molecule has 4 rings (SSSR count). The van der Waals surface area contributed by atoms with Gasteiger partial charge < -0.3 is 13.9 Å². The Bertz CT molecular complexity index is 1200. The molecule has 29 heavy (non-hydrogen) atoms. The Morgan fingerprint density at radius 3 is 2.24 bits per heavy atom. The summed E-state index contributed by atoms with van der Waals surface area (Å²) in [4.78, 5) is 13.3. The molecule has 1 heterocycles. The van der Waals surface area contributed by atoms with Crippen molar-refractivity contribution in [1.29, 1.82) is 0 Å². The summed E-state index contributed by atoms with van der Waals surface area (Å²) in [6, 6.07) is 21.0. The zero-order valence-electron chi connectivity index (χ0n) is 16.7. The van der Waals surface area contributed by atoms with Gasteiger partial charge in [-0.1, -0.05) is 41.5 Å². The summed E-state index contributed by atoms with van der Waals surface area (Å²) in [7, 11) is 1.61. The molecule has 4 nitrogen and oxygen atoms in total. The largest absolute Gasteiger partial charge is 0.497 e. The van der Waals surface area contributed by atoms with E-state index < -0.39 is 0 Å². The average Bonchev–Trinajstić information content (AvgIpc) is 2.74. The second-order valence-corrected chi connectivity index (χ2v) is 7.09. The van der Waals surface area contributed by atoms with E-state index in [2.05, 4.69) is 0 Å². The Kier molecular flexibility index (Phi) is 5.09. The number of methoxy groups -OCH3 is 1. The van der Waals surface area contributed by atoms with Crippen molar-refractivity contribution in [3.05, 3.63) is 93.6 Å². The van der Waals surface area contributed by atoms with Gasteiger partial charge in [-0.05, 0) is 55.8 Å². The number of fused-ring (bicyclic) bond motifs is 1. The number of hydrogen-bond donors (Lipinski definition) is 0. The van der Waals surface area contributed by atoms with Crippen LogP contribution in [0.1, 0.15) is 16.7 Å². The molecule has 0 amide bonds. The van der Waals surface area contributed by atoms with Crippen molar-refractivity contribution in [1.82, 2.24) is 0 Å². The van der Waals surface area contributed by atoms with Crippen LogP contribution in [-0.4, -0.2) is 7.11 Å². The third kappa shape index (κ3) is 3.87. The predicted molar refractivity (Wildman–Crippen MR) is 115 cm³/mol. The third-order valence-corrected chi connectivity index (χ3v) is 4.86. The molecule has 0 unspecified atom stereocenters. The summed E-state index contributed by atoms with van der Waals surface area (Å²) in [6.07, 6.45) is 0. The monoisotopic (exact) mass is 386 g/mol. The summed E-state index contributed by atoms with van der Waals surface area (Å²) >= 11 is 0. The molecule has 0 saturated heterocycles. The molecule has 0 aliphatic heterocycles. The van der Waals surface area contributed by atoms with Gasteiger partial charge >= 0.3 is 0 Å². The van der Waals surface area contributed by atoms with E-state index in [9.17, 15) is 4.79 Å². The number of rotatable bonds is 5. The maximum atomic E-state index is 13.3. The molecule has 0 N–H and O–H groups in total. The van der Waals surface area contributed by atoms with E-state index >= 15 is 0 Å². The Balaban J connectivity index is 1.82. The molecular formula is C25H22O4. The molecule has 0 aliphatic carbocycles. The summed E-state index contributed by atoms with van der Waals surface area (Å²) in [5, 5.41) is 0.515. The minimum atomic E-state index is -0.173. The third-order valence-electron chi connectivity index (χ3n) is 4.86. The normalized spacial score (nSPS) is 10.9. The van der Waals surface area contributed by atoms with Crippen molar-refractivity contribution in [2.24, 2.45) is 0 Å². The predicted octanol–water partition coefficient (Wildman–Crippen LogP) is 5.66. The first-order valence-corrected chi connectivity index (χ1v) is 9.45. The van der Waals surface area contributed by atoms with Gasteiger partial charge in [0.1, 0.15) is 17.9 Å². The van der Waals surface area contributed by atoms with Crippen LogP contribution in [0.4, 0.5) is 0 Å². The highest BCUT2D eigenvalue weighted by Gasteiger charge is 2.18. The van der Waals surface area contributed by atoms with Crippen molar-refractivity contribution >= 4 is 11.0 Å². The fraction of sp³-hybridized carbons (Fsp3) is 0.160. The molecular weight excluding hydrogens is 364 g/mol. The van der Waals surface area contributed by atoms with Gasteiger partial charge in [0.05, 0.1) is 12.5 Å². The number of aryl methyl sites for hydroxylation is 2. The lowest BCUT2D eigenvalue weighted by molar-refractivity contribution is 0.298. The van der Waals surface area contributed by atoms with Crippen molar-refractivity contribution in [3.63, 3.8) is 0 Å². The number of benzene rings is 3. The molecule has 0 fully saturated rings. The van der Waals surface area contributed by atoms with Crippen LogP contribution in [0.15, 0.2) is 75.9 Å². The van der Waals surface area contributed by atoms with E-state index in [1.807, 2.05) is 80.6 Å².